The molecule has 1 atom stereocenters. The van der Waals surface area contributed by atoms with Gasteiger partial charge in [-0.3, -0.25) is 0 Å². The molecule has 1 heterocycles. The Kier molecular flexibility index (Phi) is 8.67. The van der Waals surface area contributed by atoms with E-state index in [-0.39, 0.29) is 0 Å². The molecule has 0 N–H and O–H groups in total. The number of hydrogen-bond acceptors (Lipinski definition) is 4. The topological polar surface area (TPSA) is 36.9 Å². The summed E-state index contributed by atoms with van der Waals surface area (Å²) >= 11 is 0. The summed E-state index contributed by atoms with van der Waals surface area (Å²) in [5.41, 5.74) is 1.23. The van der Waals surface area contributed by atoms with Gasteiger partial charge in [0, 0.05) is 6.42 Å². The van der Waals surface area contributed by atoms with E-state index in [2.05, 4.69) is 96.8 Å². The molecular formula is C23H46O4Si5. The summed E-state index contributed by atoms with van der Waals surface area (Å²) in [6, 6.07) is 7.54. The van der Waals surface area contributed by atoms with Gasteiger partial charge in [-0.1, -0.05) is 49.1 Å². The highest BCUT2D eigenvalue weighted by Crippen LogP contribution is 2.40. The highest BCUT2D eigenvalue weighted by atomic mass is 28.4. The third-order valence-electron chi connectivity index (χ3n) is 5.05. The van der Waals surface area contributed by atoms with Crippen LogP contribution in [0.3, 0.4) is 0 Å². The van der Waals surface area contributed by atoms with Gasteiger partial charge < -0.3 is 17.4 Å². The van der Waals surface area contributed by atoms with E-state index < -0.39 is 48.3 Å². The molecule has 0 aliphatic carbocycles. The maximum Gasteiger partial charge on any atom is 0.366 e. The van der Waals surface area contributed by atoms with E-state index in [0.29, 0.717) is 0 Å². The summed E-state index contributed by atoms with van der Waals surface area (Å²) in [4.78, 5) is 0. The lowest BCUT2D eigenvalue weighted by Gasteiger charge is -2.51. The van der Waals surface area contributed by atoms with Crippen LogP contribution in [0.5, 0.6) is 0 Å². The van der Waals surface area contributed by atoms with Gasteiger partial charge in [0.05, 0.1) is 8.80 Å². The lowest BCUT2D eigenvalue weighted by Crippen LogP contribution is -2.71. The molecule has 32 heavy (non-hydrogen) atoms. The van der Waals surface area contributed by atoms with E-state index in [0.717, 1.165) is 18.9 Å². The maximum atomic E-state index is 7.23. The predicted molar refractivity (Wildman–Crippen MR) is 152 cm³/mol. The standard InChI is InChI=1S/C23H46O4Si5/c1-13-20-16-14-17-21(22(20)28(2)3)32(27-31(10,11)12)19-15-18-23(26-32,24-29(4,5)6)25-30(7,8)9/h13-14,16-17,28H,1,15,18-19H2,2-12H3. The van der Waals surface area contributed by atoms with Crippen LogP contribution >= 0.6 is 0 Å². The average molecular weight is 527 g/mol. The highest BCUT2D eigenvalue weighted by molar-refractivity contribution is 6.93. The smallest absolute Gasteiger partial charge is 0.366 e. The van der Waals surface area contributed by atoms with Gasteiger partial charge in [0.2, 0.25) is 0 Å². The van der Waals surface area contributed by atoms with Crippen molar-refractivity contribution in [3.8, 4) is 0 Å². The average Bonchev–Trinajstić information content (AvgIpc) is 2.56. The van der Waals surface area contributed by atoms with Gasteiger partial charge in [-0.05, 0) is 82.1 Å². The van der Waals surface area contributed by atoms with Crippen molar-refractivity contribution < 1.29 is 17.4 Å². The first kappa shape index (κ1) is 28.1. The van der Waals surface area contributed by atoms with Crippen molar-refractivity contribution in [1.82, 2.24) is 0 Å². The normalized spacial score (nSPS) is 22.2. The van der Waals surface area contributed by atoms with Crippen LogP contribution in [0.1, 0.15) is 18.4 Å². The lowest BCUT2D eigenvalue weighted by atomic mass is 10.2. The monoisotopic (exact) mass is 526 g/mol. The van der Waals surface area contributed by atoms with Crippen molar-refractivity contribution >= 4 is 58.8 Å². The molecule has 0 saturated carbocycles. The van der Waals surface area contributed by atoms with Crippen LogP contribution in [0.4, 0.5) is 0 Å². The third kappa shape index (κ3) is 7.44. The third-order valence-corrected chi connectivity index (χ3v) is 15.7. The minimum absolute atomic E-state index is 0.765. The van der Waals surface area contributed by atoms with Gasteiger partial charge in [-0.25, -0.2) is 0 Å². The molecule has 0 spiro atoms. The molecular weight excluding hydrogens is 481 g/mol. The molecule has 9 heteroatoms. The molecule has 2 rings (SSSR count). The van der Waals surface area contributed by atoms with E-state index in [4.69, 9.17) is 17.4 Å². The summed E-state index contributed by atoms with van der Waals surface area (Å²) in [7, 11) is -9.85. The zero-order chi connectivity index (χ0) is 24.6. The lowest BCUT2D eigenvalue weighted by molar-refractivity contribution is -0.284. The van der Waals surface area contributed by atoms with Gasteiger partial charge in [0.25, 0.3) is 5.97 Å². The molecule has 1 unspecified atom stereocenters. The van der Waals surface area contributed by atoms with Crippen LogP contribution in [0.25, 0.3) is 6.08 Å². The predicted octanol–water partition coefficient (Wildman–Crippen LogP) is 5.69. The van der Waals surface area contributed by atoms with Crippen LogP contribution in [-0.4, -0.2) is 48.3 Å². The Labute approximate surface area is 203 Å². The summed E-state index contributed by atoms with van der Waals surface area (Å²) in [5, 5.41) is 2.73. The number of hydrogen-bond donors (Lipinski definition) is 0. The van der Waals surface area contributed by atoms with Crippen LogP contribution in [0, 0.1) is 0 Å². The van der Waals surface area contributed by atoms with Gasteiger partial charge in [0.1, 0.15) is 0 Å². The molecule has 1 aliphatic rings. The van der Waals surface area contributed by atoms with E-state index in [9.17, 15) is 0 Å². The molecule has 1 aromatic rings. The Morgan fingerprint density at radius 3 is 1.97 bits per heavy atom. The molecule has 0 bridgehead atoms. The summed E-state index contributed by atoms with van der Waals surface area (Å²) in [6.45, 7) is 29.0. The van der Waals surface area contributed by atoms with Gasteiger partial charge in [0.15, 0.2) is 25.0 Å². The Hall–Kier alpha value is -0.116. The zero-order valence-electron chi connectivity index (χ0n) is 22.3. The van der Waals surface area contributed by atoms with E-state index in [1.165, 1.54) is 15.9 Å². The Bertz CT molecular complexity index is 792. The molecule has 0 radical (unpaired) electrons. The zero-order valence-corrected chi connectivity index (χ0v) is 27.5. The Morgan fingerprint density at radius 2 is 1.53 bits per heavy atom. The van der Waals surface area contributed by atoms with Crippen LogP contribution in [0.2, 0.25) is 78.1 Å². The molecule has 1 aliphatic heterocycles. The minimum atomic E-state index is -2.84. The van der Waals surface area contributed by atoms with E-state index >= 15 is 0 Å². The van der Waals surface area contributed by atoms with Crippen molar-refractivity contribution in [2.24, 2.45) is 0 Å². The van der Waals surface area contributed by atoms with Crippen molar-refractivity contribution in [2.45, 2.75) is 96.9 Å². The first-order valence-electron chi connectivity index (χ1n) is 12.0. The molecule has 0 amide bonds. The number of rotatable bonds is 9. The van der Waals surface area contributed by atoms with E-state index in [1.54, 1.807) is 0 Å². The van der Waals surface area contributed by atoms with Crippen LogP contribution in [-0.2, 0) is 17.4 Å². The second-order valence-electron chi connectivity index (χ2n) is 12.2. The first-order valence-corrected chi connectivity index (χ1v) is 27.1. The molecule has 1 fully saturated rings. The summed E-state index contributed by atoms with van der Waals surface area (Å²) in [6.07, 6.45) is 3.75. The van der Waals surface area contributed by atoms with Crippen molar-refractivity contribution in [3.05, 3.63) is 30.3 Å². The molecule has 0 aromatic heterocycles. The second-order valence-corrected chi connectivity index (χ2v) is 31.7. The summed E-state index contributed by atoms with van der Waals surface area (Å²) < 4.78 is 27.9. The largest absolute Gasteiger partial charge is 0.433 e. The molecule has 182 valence electrons. The second kappa shape index (κ2) is 9.86. The van der Waals surface area contributed by atoms with Gasteiger partial charge in [-0.15, -0.1) is 0 Å². The molecule has 4 nitrogen and oxygen atoms in total. The SMILES string of the molecule is C=Cc1cccc([Si]2(O[Si](C)(C)C)CCCC(O[Si](C)(C)C)(O[Si](C)(C)C)O2)c1[SiH](C)C. The molecule has 1 aromatic carbocycles. The Balaban J connectivity index is 2.75. The fourth-order valence-corrected chi connectivity index (χ4v) is 17.8. The molecule has 1 saturated heterocycles. The van der Waals surface area contributed by atoms with Gasteiger partial charge in [-0.2, -0.15) is 0 Å². The highest BCUT2D eigenvalue weighted by Gasteiger charge is 2.57. The maximum absolute atomic E-state index is 7.23. The van der Waals surface area contributed by atoms with Crippen LogP contribution < -0.4 is 10.4 Å². The fraction of sp³-hybridized carbons (Fsp3) is 0.652. The van der Waals surface area contributed by atoms with Crippen molar-refractivity contribution in [1.29, 1.82) is 0 Å². The first-order chi connectivity index (χ1) is 14.4. The number of benzene rings is 1. The van der Waals surface area contributed by atoms with E-state index in [1.807, 2.05) is 6.08 Å². The van der Waals surface area contributed by atoms with Crippen molar-refractivity contribution in [3.63, 3.8) is 0 Å². The van der Waals surface area contributed by atoms with Gasteiger partial charge >= 0.3 is 8.56 Å². The minimum Gasteiger partial charge on any atom is -0.433 e. The Morgan fingerprint density at radius 1 is 0.969 bits per heavy atom. The quantitative estimate of drug-likeness (QED) is 0.306. The van der Waals surface area contributed by atoms with Crippen LogP contribution in [0.15, 0.2) is 24.8 Å². The summed E-state index contributed by atoms with van der Waals surface area (Å²) in [5.74, 6) is -1.00. The van der Waals surface area contributed by atoms with Crippen molar-refractivity contribution in [2.75, 3.05) is 0 Å². The fourth-order valence-electron chi connectivity index (χ4n) is 4.54.